The maximum absolute atomic E-state index is 13.9. The van der Waals surface area contributed by atoms with Gasteiger partial charge in [0.15, 0.2) is 0 Å². The molecule has 0 unspecified atom stereocenters. The number of hydrogen-bond donors (Lipinski definition) is 0. The van der Waals surface area contributed by atoms with Crippen LogP contribution < -0.4 is 9.47 Å². The molecule has 4 rings (SSSR count). The Morgan fingerprint density at radius 1 is 0.947 bits per heavy atom. The van der Waals surface area contributed by atoms with E-state index in [2.05, 4.69) is 0 Å². The van der Waals surface area contributed by atoms with E-state index in [0.29, 0.717) is 22.0 Å². The molecule has 0 spiro atoms. The Kier molecular flexibility index (Phi) is 7.70. The molecule has 200 valence electrons. The molecule has 11 heteroatoms. The van der Waals surface area contributed by atoms with Crippen molar-refractivity contribution in [1.82, 2.24) is 9.21 Å². The second-order valence-electron chi connectivity index (χ2n) is 8.87. The highest BCUT2D eigenvalue weighted by atomic mass is 32.2. The van der Waals surface area contributed by atoms with Crippen molar-refractivity contribution in [1.29, 1.82) is 0 Å². The zero-order valence-electron chi connectivity index (χ0n) is 21.3. The van der Waals surface area contributed by atoms with Crippen LogP contribution in [-0.4, -0.2) is 62.5 Å². The number of rotatable bonds is 8. The summed E-state index contributed by atoms with van der Waals surface area (Å²) in [6, 6.07) is 16.5. The standard InChI is InChI=1S/C27H27FN2O6S2/c1-29(2)26(32)27(37-22-13-11-21(36-4)12-14-22)17-24(31)30(25(27)18-5-9-20(35-3)10-6-18)38(33,34)23-15-7-19(28)8-16-23/h5-16,25H,17H2,1-4H3/t25-,27-/m1/s1. The van der Waals surface area contributed by atoms with Crippen molar-refractivity contribution in [2.24, 2.45) is 0 Å². The van der Waals surface area contributed by atoms with Gasteiger partial charge in [0, 0.05) is 19.0 Å². The van der Waals surface area contributed by atoms with Crippen molar-refractivity contribution in [3.63, 3.8) is 0 Å². The van der Waals surface area contributed by atoms with E-state index >= 15 is 0 Å². The molecule has 38 heavy (non-hydrogen) atoms. The second kappa shape index (κ2) is 10.7. The fraction of sp³-hybridized carbons (Fsp3) is 0.259. The number of thioether (sulfide) groups is 1. The van der Waals surface area contributed by atoms with Gasteiger partial charge < -0.3 is 14.4 Å². The van der Waals surface area contributed by atoms with Gasteiger partial charge in [0.2, 0.25) is 11.8 Å². The highest BCUT2D eigenvalue weighted by Crippen LogP contribution is 2.55. The lowest BCUT2D eigenvalue weighted by atomic mass is 9.91. The number of benzene rings is 3. The minimum atomic E-state index is -4.47. The summed E-state index contributed by atoms with van der Waals surface area (Å²) in [5.74, 6) is -0.651. The number of ether oxygens (including phenoxy) is 2. The average Bonchev–Trinajstić information content (AvgIpc) is 3.21. The van der Waals surface area contributed by atoms with Crippen LogP contribution in [0.5, 0.6) is 11.5 Å². The molecule has 1 fully saturated rings. The summed E-state index contributed by atoms with van der Waals surface area (Å²) in [5, 5.41) is 0. The van der Waals surface area contributed by atoms with Crippen LogP contribution >= 0.6 is 11.8 Å². The predicted molar refractivity (Wildman–Crippen MR) is 141 cm³/mol. The van der Waals surface area contributed by atoms with Crippen LogP contribution in [-0.2, 0) is 19.6 Å². The van der Waals surface area contributed by atoms with Crippen molar-refractivity contribution < 1.29 is 31.9 Å². The number of halogens is 1. The molecule has 0 N–H and O–H groups in total. The molecule has 1 saturated heterocycles. The first-order chi connectivity index (χ1) is 18.0. The Bertz CT molecular complexity index is 1430. The topological polar surface area (TPSA) is 93.2 Å². The summed E-state index contributed by atoms with van der Waals surface area (Å²) in [6.07, 6.45) is -0.377. The second-order valence-corrected chi connectivity index (χ2v) is 12.1. The van der Waals surface area contributed by atoms with E-state index in [4.69, 9.17) is 9.47 Å². The van der Waals surface area contributed by atoms with Gasteiger partial charge in [0.05, 0.1) is 31.6 Å². The molecule has 2 atom stereocenters. The third kappa shape index (κ3) is 4.95. The Balaban J connectivity index is 1.94. The SMILES string of the molecule is COc1ccc(S[C@]2(C(=O)N(C)C)CC(=O)N(S(=O)(=O)c3ccc(F)cc3)[C@@H]2c2ccc(OC)cc2)cc1. The minimum Gasteiger partial charge on any atom is -0.497 e. The van der Waals surface area contributed by atoms with Gasteiger partial charge in [-0.1, -0.05) is 12.1 Å². The van der Waals surface area contributed by atoms with Crippen LogP contribution in [0.3, 0.4) is 0 Å². The molecule has 1 aliphatic rings. The van der Waals surface area contributed by atoms with Crippen molar-refractivity contribution in [3.8, 4) is 11.5 Å². The fourth-order valence-corrected chi connectivity index (χ4v) is 7.67. The summed E-state index contributed by atoms with van der Waals surface area (Å²) >= 11 is 1.12. The number of amides is 2. The molecular weight excluding hydrogens is 531 g/mol. The fourth-order valence-electron chi connectivity index (χ4n) is 4.48. The van der Waals surface area contributed by atoms with E-state index in [1.54, 1.807) is 62.6 Å². The van der Waals surface area contributed by atoms with E-state index in [9.17, 15) is 22.4 Å². The first-order valence-electron chi connectivity index (χ1n) is 11.5. The Morgan fingerprint density at radius 2 is 1.47 bits per heavy atom. The summed E-state index contributed by atoms with van der Waals surface area (Å²) in [6.45, 7) is 0. The molecule has 0 aromatic heterocycles. The van der Waals surface area contributed by atoms with Crippen molar-refractivity contribution >= 4 is 33.6 Å². The summed E-state index contributed by atoms with van der Waals surface area (Å²) in [4.78, 5) is 29.3. The maximum atomic E-state index is 13.9. The van der Waals surface area contributed by atoms with E-state index in [0.717, 1.165) is 40.3 Å². The number of sulfonamides is 1. The van der Waals surface area contributed by atoms with Crippen LogP contribution in [0.4, 0.5) is 4.39 Å². The van der Waals surface area contributed by atoms with Gasteiger partial charge in [-0.15, -0.1) is 11.8 Å². The van der Waals surface area contributed by atoms with E-state index in [1.807, 2.05) is 0 Å². The smallest absolute Gasteiger partial charge is 0.267 e. The number of carbonyl (C=O) groups excluding carboxylic acids is 2. The third-order valence-electron chi connectivity index (χ3n) is 6.27. The van der Waals surface area contributed by atoms with Gasteiger partial charge in [-0.25, -0.2) is 17.1 Å². The molecule has 3 aromatic carbocycles. The van der Waals surface area contributed by atoms with Crippen LogP contribution in [0, 0.1) is 5.82 Å². The zero-order valence-corrected chi connectivity index (χ0v) is 22.9. The normalized spacial score (nSPS) is 19.3. The van der Waals surface area contributed by atoms with Gasteiger partial charge in [-0.05, 0) is 66.2 Å². The van der Waals surface area contributed by atoms with Crippen LogP contribution in [0.2, 0.25) is 0 Å². The Labute approximate surface area is 225 Å². The van der Waals surface area contributed by atoms with Crippen molar-refractivity contribution in [2.45, 2.75) is 27.0 Å². The molecule has 2 amide bonds. The molecule has 0 bridgehead atoms. The lowest BCUT2D eigenvalue weighted by Gasteiger charge is -2.37. The quantitative estimate of drug-likeness (QED) is 0.411. The van der Waals surface area contributed by atoms with Gasteiger partial charge in [0.1, 0.15) is 22.1 Å². The monoisotopic (exact) mass is 558 g/mol. The molecule has 1 heterocycles. The molecule has 1 aliphatic heterocycles. The highest BCUT2D eigenvalue weighted by Gasteiger charge is 2.62. The summed E-state index contributed by atoms with van der Waals surface area (Å²) in [5.41, 5.74) is 0.429. The third-order valence-corrected chi connectivity index (χ3v) is 9.48. The van der Waals surface area contributed by atoms with Crippen molar-refractivity contribution in [3.05, 3.63) is 84.2 Å². The number of methoxy groups -OCH3 is 2. The Hall–Kier alpha value is -3.57. The molecule has 0 aliphatic carbocycles. The maximum Gasteiger partial charge on any atom is 0.267 e. The Morgan fingerprint density at radius 3 is 1.97 bits per heavy atom. The van der Waals surface area contributed by atoms with E-state index in [-0.39, 0.29) is 11.3 Å². The predicted octanol–water partition coefficient (Wildman–Crippen LogP) is 4.12. The highest BCUT2D eigenvalue weighted by molar-refractivity contribution is 8.01. The molecular formula is C27H27FN2O6S2. The van der Waals surface area contributed by atoms with Crippen LogP contribution in [0.15, 0.2) is 82.6 Å². The molecule has 8 nitrogen and oxygen atoms in total. The summed E-state index contributed by atoms with van der Waals surface area (Å²) in [7, 11) is 1.69. The number of nitrogens with zero attached hydrogens (tertiary/aromatic N) is 2. The largest absolute Gasteiger partial charge is 0.497 e. The van der Waals surface area contributed by atoms with Gasteiger partial charge in [-0.3, -0.25) is 9.59 Å². The van der Waals surface area contributed by atoms with Crippen molar-refractivity contribution in [2.75, 3.05) is 28.3 Å². The lowest BCUT2D eigenvalue weighted by molar-refractivity contribution is -0.132. The number of carbonyl (C=O) groups is 2. The van der Waals surface area contributed by atoms with Crippen LogP contribution in [0.1, 0.15) is 18.0 Å². The van der Waals surface area contributed by atoms with Gasteiger partial charge >= 0.3 is 0 Å². The first-order valence-corrected chi connectivity index (χ1v) is 13.8. The zero-order chi connectivity index (χ0) is 27.7. The molecule has 0 saturated carbocycles. The van der Waals surface area contributed by atoms with Crippen LogP contribution in [0.25, 0.3) is 0 Å². The molecule has 3 aromatic rings. The van der Waals surface area contributed by atoms with E-state index < -0.39 is 38.4 Å². The first kappa shape index (κ1) is 27.5. The lowest BCUT2D eigenvalue weighted by Crippen LogP contribution is -2.48. The van der Waals surface area contributed by atoms with Gasteiger partial charge in [0.25, 0.3) is 10.0 Å². The van der Waals surface area contributed by atoms with Gasteiger partial charge in [-0.2, -0.15) is 0 Å². The molecule has 0 radical (unpaired) electrons. The number of hydrogen-bond acceptors (Lipinski definition) is 7. The average molecular weight is 559 g/mol. The minimum absolute atomic E-state index is 0.256. The summed E-state index contributed by atoms with van der Waals surface area (Å²) < 4.78 is 51.1. The van der Waals surface area contributed by atoms with E-state index in [1.165, 1.54) is 19.1 Å².